The predicted octanol–water partition coefficient (Wildman–Crippen LogP) is 0.830. The van der Waals surface area contributed by atoms with E-state index in [1.165, 1.54) is 0 Å². The van der Waals surface area contributed by atoms with Gasteiger partial charge >= 0.3 is 0 Å². The highest BCUT2D eigenvalue weighted by molar-refractivity contribution is 5.37. The van der Waals surface area contributed by atoms with E-state index in [2.05, 4.69) is 0 Å². The van der Waals surface area contributed by atoms with E-state index in [1.54, 1.807) is 0 Å². The molecule has 0 bridgehead atoms. The first kappa shape index (κ1) is 8.53. The quantitative estimate of drug-likeness (QED) is 0.620. The molecule has 3 heteroatoms. The van der Waals surface area contributed by atoms with Crippen molar-refractivity contribution in [3.8, 4) is 5.75 Å². The van der Waals surface area contributed by atoms with E-state index in [4.69, 9.17) is 10.5 Å². The van der Waals surface area contributed by atoms with Gasteiger partial charge in [-0.3, -0.25) is 0 Å². The van der Waals surface area contributed by atoms with Gasteiger partial charge in [-0.05, 0) is 6.07 Å². The standard InChI is InChI=1S/C10H13NO2/c11-10-7-3-1-2-4-9(7)13-6-5-8(10)12/h1-4,8,10,12H,5-6,11H2/t8-,10-/m1/s1. The summed E-state index contributed by atoms with van der Waals surface area (Å²) in [4.78, 5) is 0. The molecule has 1 aromatic rings. The van der Waals surface area contributed by atoms with E-state index in [0.29, 0.717) is 13.0 Å². The van der Waals surface area contributed by atoms with E-state index in [1.807, 2.05) is 24.3 Å². The van der Waals surface area contributed by atoms with Crippen molar-refractivity contribution in [1.82, 2.24) is 0 Å². The minimum atomic E-state index is -0.497. The van der Waals surface area contributed by atoms with E-state index < -0.39 is 6.10 Å². The lowest BCUT2D eigenvalue weighted by atomic mass is 10.0. The van der Waals surface area contributed by atoms with E-state index in [0.717, 1.165) is 11.3 Å². The zero-order chi connectivity index (χ0) is 9.26. The Morgan fingerprint density at radius 1 is 1.38 bits per heavy atom. The average molecular weight is 179 g/mol. The molecule has 1 aliphatic heterocycles. The fourth-order valence-electron chi connectivity index (χ4n) is 1.56. The van der Waals surface area contributed by atoms with Crippen molar-refractivity contribution in [3.63, 3.8) is 0 Å². The lowest BCUT2D eigenvalue weighted by Crippen LogP contribution is -2.25. The van der Waals surface area contributed by atoms with Crippen LogP contribution in [0.25, 0.3) is 0 Å². The summed E-state index contributed by atoms with van der Waals surface area (Å²) in [5.41, 5.74) is 6.76. The van der Waals surface area contributed by atoms with Crippen LogP contribution in [-0.4, -0.2) is 17.8 Å². The molecule has 3 N–H and O–H groups in total. The highest BCUT2D eigenvalue weighted by Gasteiger charge is 2.23. The summed E-state index contributed by atoms with van der Waals surface area (Å²) in [6.07, 6.45) is 0.0965. The van der Waals surface area contributed by atoms with Crippen LogP contribution in [0.15, 0.2) is 24.3 Å². The van der Waals surface area contributed by atoms with Crippen molar-refractivity contribution >= 4 is 0 Å². The summed E-state index contributed by atoms with van der Waals surface area (Å²) in [6, 6.07) is 7.27. The maximum atomic E-state index is 9.60. The summed E-state index contributed by atoms with van der Waals surface area (Å²) in [5.74, 6) is 0.798. The van der Waals surface area contributed by atoms with Crippen molar-refractivity contribution in [2.45, 2.75) is 18.6 Å². The Hall–Kier alpha value is -1.06. The molecule has 0 amide bonds. The molecule has 1 aliphatic rings. The van der Waals surface area contributed by atoms with E-state index >= 15 is 0 Å². The second-order valence-corrected chi connectivity index (χ2v) is 3.27. The molecule has 0 radical (unpaired) electrons. The number of fused-ring (bicyclic) bond motifs is 1. The first-order valence-corrected chi connectivity index (χ1v) is 4.44. The van der Waals surface area contributed by atoms with Crippen molar-refractivity contribution < 1.29 is 9.84 Å². The van der Waals surface area contributed by atoms with Gasteiger partial charge in [0.2, 0.25) is 0 Å². The van der Waals surface area contributed by atoms with Gasteiger partial charge in [-0.1, -0.05) is 18.2 Å². The molecule has 0 fully saturated rings. The van der Waals surface area contributed by atoms with Gasteiger partial charge in [0.05, 0.1) is 18.8 Å². The van der Waals surface area contributed by atoms with E-state index in [-0.39, 0.29) is 6.04 Å². The van der Waals surface area contributed by atoms with Crippen LogP contribution in [0, 0.1) is 0 Å². The number of para-hydroxylation sites is 1. The molecule has 1 aromatic carbocycles. The van der Waals surface area contributed by atoms with Gasteiger partial charge in [0.15, 0.2) is 0 Å². The molecule has 0 aliphatic carbocycles. The van der Waals surface area contributed by atoms with Crippen LogP contribution in [0.3, 0.4) is 0 Å². The van der Waals surface area contributed by atoms with Crippen LogP contribution in [-0.2, 0) is 0 Å². The molecular weight excluding hydrogens is 166 g/mol. The van der Waals surface area contributed by atoms with Crippen LogP contribution in [0.5, 0.6) is 5.75 Å². The monoisotopic (exact) mass is 179 g/mol. The molecule has 1 heterocycles. The number of ether oxygens (including phenoxy) is 1. The second kappa shape index (κ2) is 3.36. The largest absolute Gasteiger partial charge is 0.493 e. The molecule has 0 saturated heterocycles. The Bertz CT molecular complexity index is 301. The number of hydrogen-bond acceptors (Lipinski definition) is 3. The minimum Gasteiger partial charge on any atom is -0.493 e. The normalized spacial score (nSPS) is 27.2. The molecule has 13 heavy (non-hydrogen) atoms. The SMILES string of the molecule is N[C@@H]1c2ccccc2OCC[C@H]1O. The average Bonchev–Trinajstić information content (AvgIpc) is 2.29. The van der Waals surface area contributed by atoms with Gasteiger partial charge in [-0.2, -0.15) is 0 Å². The van der Waals surface area contributed by atoms with Crippen LogP contribution in [0.1, 0.15) is 18.0 Å². The van der Waals surface area contributed by atoms with Crippen molar-refractivity contribution in [2.75, 3.05) is 6.61 Å². The molecule has 0 saturated carbocycles. The number of aliphatic hydroxyl groups is 1. The number of aliphatic hydroxyl groups excluding tert-OH is 1. The van der Waals surface area contributed by atoms with Gasteiger partial charge in [0.25, 0.3) is 0 Å². The summed E-state index contributed by atoms with van der Waals surface area (Å²) in [7, 11) is 0. The Morgan fingerprint density at radius 2 is 2.15 bits per heavy atom. The highest BCUT2D eigenvalue weighted by Crippen LogP contribution is 2.29. The zero-order valence-electron chi connectivity index (χ0n) is 7.31. The van der Waals surface area contributed by atoms with E-state index in [9.17, 15) is 5.11 Å². The van der Waals surface area contributed by atoms with Crippen molar-refractivity contribution in [3.05, 3.63) is 29.8 Å². The summed E-state index contributed by atoms with van der Waals surface area (Å²) < 4.78 is 5.45. The Labute approximate surface area is 77.1 Å². The molecule has 2 rings (SSSR count). The minimum absolute atomic E-state index is 0.321. The van der Waals surface area contributed by atoms with Crippen molar-refractivity contribution in [2.24, 2.45) is 5.73 Å². The summed E-state index contributed by atoms with van der Waals surface area (Å²) in [5, 5.41) is 9.60. The maximum absolute atomic E-state index is 9.60. The molecule has 0 aromatic heterocycles. The highest BCUT2D eigenvalue weighted by atomic mass is 16.5. The molecule has 3 nitrogen and oxygen atoms in total. The van der Waals surface area contributed by atoms with Gasteiger partial charge < -0.3 is 15.6 Å². The first-order chi connectivity index (χ1) is 6.29. The predicted molar refractivity (Wildman–Crippen MR) is 49.5 cm³/mol. The molecular formula is C10H13NO2. The van der Waals surface area contributed by atoms with Gasteiger partial charge in [-0.25, -0.2) is 0 Å². The Kier molecular flexibility index (Phi) is 2.20. The lowest BCUT2D eigenvalue weighted by Gasteiger charge is -2.15. The fourth-order valence-corrected chi connectivity index (χ4v) is 1.56. The van der Waals surface area contributed by atoms with Gasteiger partial charge in [0.1, 0.15) is 5.75 Å². The Balaban J connectivity index is 2.40. The van der Waals surface area contributed by atoms with Crippen LogP contribution in [0.4, 0.5) is 0 Å². The fraction of sp³-hybridized carbons (Fsp3) is 0.400. The van der Waals surface area contributed by atoms with Gasteiger partial charge in [-0.15, -0.1) is 0 Å². The zero-order valence-corrected chi connectivity index (χ0v) is 7.31. The smallest absolute Gasteiger partial charge is 0.124 e. The number of nitrogens with two attached hydrogens (primary N) is 1. The maximum Gasteiger partial charge on any atom is 0.124 e. The molecule has 0 unspecified atom stereocenters. The van der Waals surface area contributed by atoms with Gasteiger partial charge in [0, 0.05) is 12.0 Å². The van der Waals surface area contributed by atoms with Crippen LogP contribution >= 0.6 is 0 Å². The number of hydrogen-bond donors (Lipinski definition) is 2. The summed E-state index contributed by atoms with van der Waals surface area (Å²) >= 11 is 0. The number of benzene rings is 1. The molecule has 0 spiro atoms. The summed E-state index contributed by atoms with van der Waals surface area (Å²) in [6.45, 7) is 0.534. The third-order valence-electron chi connectivity index (χ3n) is 2.36. The second-order valence-electron chi connectivity index (χ2n) is 3.27. The molecule has 70 valence electrons. The third-order valence-corrected chi connectivity index (χ3v) is 2.36. The first-order valence-electron chi connectivity index (χ1n) is 4.44. The van der Waals surface area contributed by atoms with Crippen LogP contribution in [0.2, 0.25) is 0 Å². The third kappa shape index (κ3) is 1.53. The molecule has 2 atom stereocenters. The van der Waals surface area contributed by atoms with Crippen LogP contribution < -0.4 is 10.5 Å². The topological polar surface area (TPSA) is 55.5 Å². The number of rotatable bonds is 0. The lowest BCUT2D eigenvalue weighted by molar-refractivity contribution is 0.126. The Morgan fingerprint density at radius 3 is 3.00 bits per heavy atom. The van der Waals surface area contributed by atoms with Crippen molar-refractivity contribution in [1.29, 1.82) is 0 Å².